The minimum Gasteiger partial charge on any atom is -0.493 e. The predicted octanol–water partition coefficient (Wildman–Crippen LogP) is 1.81. The van der Waals surface area contributed by atoms with Crippen LogP contribution in [0.2, 0.25) is 0 Å². The lowest BCUT2D eigenvalue weighted by atomic mass is 10.2. The third-order valence-electron chi connectivity index (χ3n) is 2.58. The summed E-state index contributed by atoms with van der Waals surface area (Å²) in [6.07, 6.45) is 0. The number of morpholine rings is 1. The molecule has 0 N–H and O–H groups in total. The summed E-state index contributed by atoms with van der Waals surface area (Å²) in [7, 11) is 1.32. The highest BCUT2D eigenvalue weighted by Gasteiger charge is 2.17. The molecule has 2 rings (SSSR count). The van der Waals surface area contributed by atoms with Gasteiger partial charge in [-0.2, -0.15) is 4.39 Å². The fourth-order valence-electron chi connectivity index (χ4n) is 1.70. The van der Waals surface area contributed by atoms with Crippen LogP contribution in [0.4, 0.5) is 14.5 Å². The van der Waals surface area contributed by atoms with Gasteiger partial charge in [-0.15, -0.1) is 0 Å². The zero-order valence-electron chi connectivity index (χ0n) is 9.00. The third kappa shape index (κ3) is 2.09. The summed E-state index contributed by atoms with van der Waals surface area (Å²) in [6.45, 7) is 2.55. The van der Waals surface area contributed by atoms with Crippen molar-refractivity contribution < 1.29 is 18.3 Å². The maximum Gasteiger partial charge on any atom is 0.200 e. The molecular formula is C11H13F2NO2. The second-order valence-corrected chi connectivity index (χ2v) is 3.54. The molecule has 1 aliphatic heterocycles. The summed E-state index contributed by atoms with van der Waals surface area (Å²) < 4.78 is 36.5. The highest BCUT2D eigenvalue weighted by atomic mass is 19.2. The largest absolute Gasteiger partial charge is 0.493 e. The van der Waals surface area contributed by atoms with Crippen molar-refractivity contribution in [2.24, 2.45) is 0 Å². The summed E-state index contributed by atoms with van der Waals surface area (Å²) in [5.41, 5.74) is 0.624. The van der Waals surface area contributed by atoms with Crippen molar-refractivity contribution in [2.45, 2.75) is 0 Å². The third-order valence-corrected chi connectivity index (χ3v) is 2.58. The van der Waals surface area contributed by atoms with E-state index in [2.05, 4.69) is 0 Å². The fraction of sp³-hybridized carbons (Fsp3) is 0.455. The highest BCUT2D eigenvalue weighted by Crippen LogP contribution is 2.27. The maximum absolute atomic E-state index is 13.3. The molecule has 1 aromatic rings. The van der Waals surface area contributed by atoms with Gasteiger partial charge < -0.3 is 14.4 Å². The molecule has 88 valence electrons. The molecule has 0 unspecified atom stereocenters. The Bertz CT molecular complexity index is 378. The topological polar surface area (TPSA) is 21.7 Å². The smallest absolute Gasteiger partial charge is 0.200 e. The van der Waals surface area contributed by atoms with E-state index in [0.29, 0.717) is 32.0 Å². The Labute approximate surface area is 92.6 Å². The number of rotatable bonds is 2. The highest BCUT2D eigenvalue weighted by molar-refractivity contribution is 5.52. The van der Waals surface area contributed by atoms with Gasteiger partial charge in [-0.05, 0) is 0 Å². The molecule has 0 aromatic heterocycles. The average molecular weight is 229 g/mol. The molecule has 0 bridgehead atoms. The second kappa shape index (κ2) is 4.65. The SMILES string of the molecule is COc1cc(N2CCOCC2)cc(F)c1F. The molecule has 1 heterocycles. The van der Waals surface area contributed by atoms with Crippen molar-refractivity contribution in [3.8, 4) is 5.75 Å². The van der Waals surface area contributed by atoms with Gasteiger partial charge in [-0.3, -0.25) is 0 Å². The quantitative estimate of drug-likeness (QED) is 0.772. The van der Waals surface area contributed by atoms with Crippen LogP contribution in [0.15, 0.2) is 12.1 Å². The zero-order chi connectivity index (χ0) is 11.5. The van der Waals surface area contributed by atoms with E-state index in [1.165, 1.54) is 19.2 Å². The van der Waals surface area contributed by atoms with Crippen LogP contribution in [0, 0.1) is 11.6 Å². The van der Waals surface area contributed by atoms with Gasteiger partial charge in [0.2, 0.25) is 5.82 Å². The molecule has 0 amide bonds. The summed E-state index contributed by atoms with van der Waals surface area (Å²) in [5.74, 6) is -1.90. The minimum atomic E-state index is -0.945. The molecule has 3 nitrogen and oxygen atoms in total. The number of nitrogens with zero attached hydrogens (tertiary/aromatic N) is 1. The average Bonchev–Trinajstić information content (AvgIpc) is 2.33. The van der Waals surface area contributed by atoms with Crippen LogP contribution in [0.1, 0.15) is 0 Å². The first-order valence-corrected chi connectivity index (χ1v) is 5.08. The van der Waals surface area contributed by atoms with Crippen LogP contribution in [0.25, 0.3) is 0 Å². The van der Waals surface area contributed by atoms with Gasteiger partial charge >= 0.3 is 0 Å². The van der Waals surface area contributed by atoms with Crippen LogP contribution in [-0.4, -0.2) is 33.4 Å². The number of hydrogen-bond donors (Lipinski definition) is 0. The summed E-state index contributed by atoms with van der Waals surface area (Å²) in [4.78, 5) is 1.94. The Hall–Kier alpha value is -1.36. The van der Waals surface area contributed by atoms with Crippen LogP contribution < -0.4 is 9.64 Å². The van der Waals surface area contributed by atoms with E-state index < -0.39 is 11.6 Å². The molecule has 16 heavy (non-hydrogen) atoms. The molecule has 5 heteroatoms. The molecule has 1 aromatic carbocycles. The lowest BCUT2D eigenvalue weighted by Crippen LogP contribution is -2.36. The molecular weight excluding hydrogens is 216 g/mol. The van der Waals surface area contributed by atoms with Crippen molar-refractivity contribution in [1.82, 2.24) is 0 Å². The Morgan fingerprint density at radius 2 is 1.94 bits per heavy atom. The minimum absolute atomic E-state index is 0.0681. The molecule has 0 radical (unpaired) electrons. The van der Waals surface area contributed by atoms with Crippen LogP contribution in [0.3, 0.4) is 0 Å². The first-order chi connectivity index (χ1) is 7.72. The number of anilines is 1. The van der Waals surface area contributed by atoms with E-state index in [-0.39, 0.29) is 5.75 Å². The maximum atomic E-state index is 13.3. The molecule has 0 atom stereocenters. The van der Waals surface area contributed by atoms with Crippen LogP contribution in [-0.2, 0) is 4.74 Å². The Kier molecular flexibility index (Phi) is 3.24. The van der Waals surface area contributed by atoms with E-state index in [4.69, 9.17) is 9.47 Å². The van der Waals surface area contributed by atoms with Crippen LogP contribution in [0.5, 0.6) is 5.75 Å². The second-order valence-electron chi connectivity index (χ2n) is 3.54. The summed E-state index contributed by atoms with van der Waals surface area (Å²) in [6, 6.07) is 2.69. The van der Waals surface area contributed by atoms with Gasteiger partial charge in [0.25, 0.3) is 0 Å². The number of hydrogen-bond acceptors (Lipinski definition) is 3. The number of halogens is 2. The van der Waals surface area contributed by atoms with E-state index >= 15 is 0 Å². The van der Waals surface area contributed by atoms with Crippen molar-refractivity contribution in [3.63, 3.8) is 0 Å². The van der Waals surface area contributed by atoms with E-state index in [1.54, 1.807) is 0 Å². The lowest BCUT2D eigenvalue weighted by Gasteiger charge is -2.29. The lowest BCUT2D eigenvalue weighted by molar-refractivity contribution is 0.122. The molecule has 0 aliphatic carbocycles. The van der Waals surface area contributed by atoms with Crippen LogP contribution >= 0.6 is 0 Å². The van der Waals surface area contributed by atoms with E-state index in [0.717, 1.165) is 0 Å². The van der Waals surface area contributed by atoms with E-state index in [1.807, 2.05) is 4.90 Å². The Morgan fingerprint density at radius 3 is 2.56 bits per heavy atom. The summed E-state index contributed by atoms with van der Waals surface area (Å²) in [5, 5.41) is 0. The number of methoxy groups -OCH3 is 1. The Balaban J connectivity index is 2.29. The van der Waals surface area contributed by atoms with E-state index in [9.17, 15) is 8.78 Å². The number of ether oxygens (including phenoxy) is 2. The van der Waals surface area contributed by atoms with Gasteiger partial charge in [-0.1, -0.05) is 0 Å². The predicted molar refractivity (Wildman–Crippen MR) is 55.9 cm³/mol. The zero-order valence-corrected chi connectivity index (χ0v) is 9.00. The fourth-order valence-corrected chi connectivity index (χ4v) is 1.70. The molecule has 0 spiro atoms. The van der Waals surface area contributed by atoms with Crippen molar-refractivity contribution in [1.29, 1.82) is 0 Å². The van der Waals surface area contributed by atoms with Gasteiger partial charge in [0.1, 0.15) is 0 Å². The van der Waals surface area contributed by atoms with Gasteiger partial charge in [0, 0.05) is 30.9 Å². The van der Waals surface area contributed by atoms with Crippen molar-refractivity contribution >= 4 is 5.69 Å². The molecule has 0 saturated carbocycles. The Morgan fingerprint density at radius 1 is 1.25 bits per heavy atom. The normalized spacial score (nSPS) is 16.3. The standard InChI is InChI=1S/C11H13F2NO2/c1-15-10-7-8(6-9(12)11(10)13)14-2-4-16-5-3-14/h6-7H,2-5H2,1H3. The molecule has 1 aliphatic rings. The van der Waals surface area contributed by atoms with Crippen molar-refractivity contribution in [3.05, 3.63) is 23.8 Å². The monoisotopic (exact) mass is 229 g/mol. The summed E-state index contributed by atoms with van der Waals surface area (Å²) >= 11 is 0. The first-order valence-electron chi connectivity index (χ1n) is 5.08. The van der Waals surface area contributed by atoms with Gasteiger partial charge in [-0.25, -0.2) is 4.39 Å². The first kappa shape index (κ1) is 11.1. The number of benzene rings is 1. The van der Waals surface area contributed by atoms with Gasteiger partial charge in [0.15, 0.2) is 11.6 Å². The molecule has 1 saturated heterocycles. The van der Waals surface area contributed by atoms with Crippen molar-refractivity contribution in [2.75, 3.05) is 38.3 Å². The molecule has 1 fully saturated rings. The van der Waals surface area contributed by atoms with Gasteiger partial charge in [0.05, 0.1) is 20.3 Å².